The standard InChI is InChI=1S/C16H20N4O3/c1-9(8-23-2)19-7-11-14(16(19)22)17-13-6-12(10-4-3-5-10)18-20(13)15(11)21/h6,9-10,17H,3-5,7-8H2,1-2H3/t9-/m0/s1. The number of carbonyl (C=O) groups excluding carboxylic acids is 1. The van der Waals surface area contributed by atoms with E-state index in [0.29, 0.717) is 36.0 Å². The molecular formula is C16H20N4O3. The molecule has 1 fully saturated rings. The quantitative estimate of drug-likeness (QED) is 0.921. The number of nitrogens with zero attached hydrogens (tertiary/aromatic N) is 3. The van der Waals surface area contributed by atoms with Gasteiger partial charge in [0.1, 0.15) is 11.3 Å². The van der Waals surface area contributed by atoms with Gasteiger partial charge in [0.2, 0.25) is 0 Å². The number of hydrogen-bond acceptors (Lipinski definition) is 4. The van der Waals surface area contributed by atoms with E-state index in [1.165, 1.54) is 10.9 Å². The Balaban J connectivity index is 1.75. The summed E-state index contributed by atoms with van der Waals surface area (Å²) in [6.07, 6.45) is 3.46. The highest BCUT2D eigenvalue weighted by Crippen LogP contribution is 2.35. The lowest BCUT2D eigenvalue weighted by molar-refractivity contribution is 0.0584. The van der Waals surface area contributed by atoms with Crippen molar-refractivity contribution in [3.63, 3.8) is 0 Å². The molecule has 0 saturated heterocycles. The molecular weight excluding hydrogens is 296 g/mol. The van der Waals surface area contributed by atoms with Crippen LogP contribution in [0.5, 0.6) is 0 Å². The van der Waals surface area contributed by atoms with E-state index in [1.807, 2.05) is 13.0 Å². The molecule has 0 spiro atoms. The highest BCUT2D eigenvalue weighted by atomic mass is 16.5. The van der Waals surface area contributed by atoms with Crippen molar-refractivity contribution in [2.24, 2.45) is 0 Å². The number of rotatable bonds is 4. The highest BCUT2D eigenvalue weighted by Gasteiger charge is 2.35. The predicted molar refractivity (Wildman–Crippen MR) is 83.6 cm³/mol. The molecule has 3 heterocycles. The third kappa shape index (κ3) is 2.10. The normalized spacial score (nSPS) is 19.2. The van der Waals surface area contributed by atoms with E-state index < -0.39 is 0 Å². The Morgan fingerprint density at radius 2 is 2.22 bits per heavy atom. The van der Waals surface area contributed by atoms with Crippen LogP contribution >= 0.6 is 0 Å². The van der Waals surface area contributed by atoms with Crippen molar-refractivity contribution < 1.29 is 9.53 Å². The van der Waals surface area contributed by atoms with E-state index in [4.69, 9.17) is 4.74 Å². The molecule has 0 aromatic carbocycles. The summed E-state index contributed by atoms with van der Waals surface area (Å²) in [5, 5.41) is 4.46. The van der Waals surface area contributed by atoms with Gasteiger partial charge in [-0.3, -0.25) is 9.59 Å². The molecule has 2 aromatic heterocycles. The molecule has 2 aliphatic rings. The zero-order valence-electron chi connectivity index (χ0n) is 13.3. The van der Waals surface area contributed by atoms with Gasteiger partial charge >= 0.3 is 0 Å². The summed E-state index contributed by atoms with van der Waals surface area (Å²) >= 11 is 0. The van der Waals surface area contributed by atoms with Gasteiger partial charge in [0.15, 0.2) is 0 Å². The number of aromatic nitrogens is 3. The number of amides is 1. The van der Waals surface area contributed by atoms with Crippen LogP contribution in [0.3, 0.4) is 0 Å². The van der Waals surface area contributed by atoms with Gasteiger partial charge in [0.25, 0.3) is 11.5 Å². The minimum Gasteiger partial charge on any atom is -0.383 e. The topological polar surface area (TPSA) is 79.7 Å². The van der Waals surface area contributed by atoms with Crippen LogP contribution in [0.15, 0.2) is 10.9 Å². The molecule has 4 rings (SSSR count). The lowest BCUT2D eigenvalue weighted by atomic mass is 9.83. The number of carbonyl (C=O) groups is 1. The number of H-pyrrole nitrogens is 1. The second kappa shape index (κ2) is 5.19. The number of fused-ring (bicyclic) bond motifs is 2. The average molecular weight is 316 g/mol. The number of nitrogens with one attached hydrogen (secondary N) is 1. The molecule has 0 unspecified atom stereocenters. The lowest BCUT2D eigenvalue weighted by Gasteiger charge is -2.23. The van der Waals surface area contributed by atoms with Crippen molar-refractivity contribution in [1.29, 1.82) is 0 Å². The third-order valence-corrected chi connectivity index (χ3v) is 5.00. The minimum absolute atomic E-state index is 0.0782. The molecule has 7 nitrogen and oxygen atoms in total. The Labute approximate surface area is 133 Å². The molecule has 1 amide bonds. The predicted octanol–water partition coefficient (Wildman–Crippen LogP) is 1.28. The van der Waals surface area contributed by atoms with Gasteiger partial charge in [0, 0.05) is 19.1 Å². The van der Waals surface area contributed by atoms with Crippen LogP contribution in [0.2, 0.25) is 0 Å². The van der Waals surface area contributed by atoms with E-state index in [0.717, 1.165) is 18.5 Å². The number of ether oxygens (including phenoxy) is 1. The van der Waals surface area contributed by atoms with Crippen molar-refractivity contribution in [2.45, 2.75) is 44.7 Å². The van der Waals surface area contributed by atoms with E-state index in [-0.39, 0.29) is 17.5 Å². The Hall–Kier alpha value is -2.15. The molecule has 7 heteroatoms. The molecule has 1 N–H and O–H groups in total. The zero-order chi connectivity index (χ0) is 16.1. The first-order valence-corrected chi connectivity index (χ1v) is 8.05. The van der Waals surface area contributed by atoms with E-state index >= 15 is 0 Å². The first-order valence-electron chi connectivity index (χ1n) is 8.05. The molecule has 1 aliphatic carbocycles. The van der Waals surface area contributed by atoms with Crippen molar-refractivity contribution in [3.05, 3.63) is 33.4 Å². The number of methoxy groups -OCH3 is 1. The van der Waals surface area contributed by atoms with E-state index in [1.54, 1.807) is 12.0 Å². The Kier molecular flexibility index (Phi) is 3.26. The maximum absolute atomic E-state index is 12.7. The van der Waals surface area contributed by atoms with Crippen LogP contribution in [0.4, 0.5) is 0 Å². The Morgan fingerprint density at radius 1 is 1.43 bits per heavy atom. The fourth-order valence-corrected chi connectivity index (χ4v) is 3.39. The average Bonchev–Trinajstić information content (AvgIpc) is 3.01. The van der Waals surface area contributed by atoms with E-state index in [9.17, 15) is 9.59 Å². The first-order chi connectivity index (χ1) is 11.1. The summed E-state index contributed by atoms with van der Waals surface area (Å²) in [5.41, 5.74) is 2.24. The van der Waals surface area contributed by atoms with Gasteiger partial charge in [-0.25, -0.2) is 0 Å². The van der Waals surface area contributed by atoms with Crippen LogP contribution in [-0.2, 0) is 11.3 Å². The van der Waals surface area contributed by atoms with Crippen LogP contribution in [-0.4, -0.2) is 45.2 Å². The summed E-state index contributed by atoms with van der Waals surface area (Å²) in [7, 11) is 1.60. The van der Waals surface area contributed by atoms with Gasteiger partial charge in [0.05, 0.1) is 30.5 Å². The SMILES string of the molecule is COC[C@H](C)N1Cc2c([nH]c3cc(C4CCC4)nn3c2=O)C1=O. The Morgan fingerprint density at radius 3 is 2.87 bits per heavy atom. The zero-order valence-corrected chi connectivity index (χ0v) is 13.3. The van der Waals surface area contributed by atoms with Crippen molar-refractivity contribution in [3.8, 4) is 0 Å². The maximum atomic E-state index is 12.7. The fraction of sp³-hybridized carbons (Fsp3) is 0.562. The van der Waals surface area contributed by atoms with Crippen LogP contribution in [0, 0.1) is 0 Å². The smallest absolute Gasteiger partial charge is 0.280 e. The monoisotopic (exact) mass is 316 g/mol. The van der Waals surface area contributed by atoms with Gasteiger partial charge in [-0.15, -0.1) is 0 Å². The molecule has 1 saturated carbocycles. The van der Waals surface area contributed by atoms with Gasteiger partial charge in [-0.1, -0.05) is 6.42 Å². The van der Waals surface area contributed by atoms with Crippen molar-refractivity contribution in [1.82, 2.24) is 19.5 Å². The summed E-state index contributed by atoms with van der Waals surface area (Å²) in [6, 6.07) is 1.82. The summed E-state index contributed by atoms with van der Waals surface area (Å²) in [4.78, 5) is 30.1. The first kappa shape index (κ1) is 14.4. The minimum atomic E-state index is -0.195. The van der Waals surface area contributed by atoms with Crippen molar-refractivity contribution >= 4 is 11.6 Å². The fourth-order valence-electron chi connectivity index (χ4n) is 3.39. The summed E-state index contributed by atoms with van der Waals surface area (Å²) < 4.78 is 6.52. The molecule has 122 valence electrons. The van der Waals surface area contributed by atoms with Crippen LogP contribution in [0.1, 0.15) is 53.8 Å². The van der Waals surface area contributed by atoms with Gasteiger partial charge in [-0.2, -0.15) is 9.61 Å². The second-order valence-electron chi connectivity index (χ2n) is 6.52. The van der Waals surface area contributed by atoms with Gasteiger partial charge in [-0.05, 0) is 19.8 Å². The van der Waals surface area contributed by atoms with Crippen molar-refractivity contribution in [2.75, 3.05) is 13.7 Å². The number of aromatic amines is 1. The van der Waals surface area contributed by atoms with Crippen LogP contribution in [0.25, 0.3) is 5.65 Å². The molecule has 0 radical (unpaired) electrons. The van der Waals surface area contributed by atoms with Crippen LogP contribution < -0.4 is 5.56 Å². The Bertz CT molecular complexity index is 834. The third-order valence-electron chi connectivity index (χ3n) is 5.00. The second-order valence-corrected chi connectivity index (χ2v) is 6.52. The molecule has 2 aromatic rings. The lowest BCUT2D eigenvalue weighted by Crippen LogP contribution is -2.36. The summed E-state index contributed by atoms with van der Waals surface area (Å²) in [5.74, 6) is 0.307. The van der Waals surface area contributed by atoms with E-state index in [2.05, 4.69) is 10.1 Å². The molecule has 1 aliphatic heterocycles. The number of hydrogen-bond donors (Lipinski definition) is 1. The van der Waals surface area contributed by atoms with Gasteiger partial charge < -0.3 is 14.6 Å². The summed E-state index contributed by atoms with van der Waals surface area (Å²) in [6.45, 7) is 2.66. The largest absolute Gasteiger partial charge is 0.383 e. The molecule has 0 bridgehead atoms. The molecule has 1 atom stereocenters. The maximum Gasteiger partial charge on any atom is 0.280 e. The highest BCUT2D eigenvalue weighted by molar-refractivity contribution is 5.97. The molecule has 23 heavy (non-hydrogen) atoms.